The maximum atomic E-state index is 13.6. The first-order valence-electron chi connectivity index (χ1n) is 5.92. The standard InChI is InChI=1S/C13H17F2NO.ClH/c1-8(16)4-10-5-12(15)13(6-11(10)14)17-7-9-2-3-9;/h5-6,8-9H,2-4,7,16H2,1H3;1H. The summed E-state index contributed by atoms with van der Waals surface area (Å²) in [4.78, 5) is 0. The Labute approximate surface area is 112 Å². The zero-order valence-electron chi connectivity index (χ0n) is 10.3. The number of hydrogen-bond acceptors (Lipinski definition) is 2. The van der Waals surface area contributed by atoms with Gasteiger partial charge in [-0.3, -0.25) is 0 Å². The first-order valence-corrected chi connectivity index (χ1v) is 5.92. The minimum Gasteiger partial charge on any atom is -0.490 e. The molecule has 1 aliphatic rings. The molecule has 2 rings (SSSR count). The lowest BCUT2D eigenvalue weighted by Crippen LogP contribution is -2.18. The maximum absolute atomic E-state index is 13.6. The number of nitrogens with two attached hydrogens (primary N) is 1. The third-order valence-corrected chi connectivity index (χ3v) is 2.81. The summed E-state index contributed by atoms with van der Waals surface area (Å²) < 4.78 is 32.5. The molecule has 1 unspecified atom stereocenters. The number of halogens is 3. The van der Waals surface area contributed by atoms with Crippen molar-refractivity contribution >= 4 is 12.4 Å². The molecule has 1 atom stereocenters. The summed E-state index contributed by atoms with van der Waals surface area (Å²) in [6.45, 7) is 2.23. The van der Waals surface area contributed by atoms with Crippen LogP contribution in [0.25, 0.3) is 0 Å². The molecule has 0 aromatic heterocycles. The highest BCUT2D eigenvalue weighted by Gasteiger charge is 2.23. The van der Waals surface area contributed by atoms with Crippen molar-refractivity contribution in [3.05, 3.63) is 29.3 Å². The van der Waals surface area contributed by atoms with Crippen molar-refractivity contribution in [2.75, 3.05) is 6.61 Å². The minimum absolute atomic E-state index is 0. The van der Waals surface area contributed by atoms with Crippen molar-refractivity contribution < 1.29 is 13.5 Å². The Balaban J connectivity index is 0.00000162. The Morgan fingerprint density at radius 1 is 1.33 bits per heavy atom. The summed E-state index contributed by atoms with van der Waals surface area (Å²) in [5, 5.41) is 0. The van der Waals surface area contributed by atoms with Crippen LogP contribution in [0.4, 0.5) is 8.78 Å². The molecule has 0 spiro atoms. The summed E-state index contributed by atoms with van der Waals surface area (Å²) in [7, 11) is 0. The van der Waals surface area contributed by atoms with Crippen molar-refractivity contribution in [2.24, 2.45) is 11.7 Å². The van der Waals surface area contributed by atoms with E-state index in [4.69, 9.17) is 10.5 Å². The first kappa shape index (κ1) is 15.2. The summed E-state index contributed by atoms with van der Waals surface area (Å²) in [5.41, 5.74) is 5.87. The average Bonchev–Trinajstić information content (AvgIpc) is 3.04. The molecule has 0 amide bonds. The number of rotatable bonds is 5. The molecule has 5 heteroatoms. The molecule has 2 nitrogen and oxygen atoms in total. The van der Waals surface area contributed by atoms with E-state index < -0.39 is 11.6 Å². The second-order valence-electron chi connectivity index (χ2n) is 4.81. The highest BCUT2D eigenvalue weighted by Crippen LogP contribution is 2.30. The molecule has 0 radical (unpaired) electrons. The number of benzene rings is 1. The number of ether oxygens (including phenoxy) is 1. The highest BCUT2D eigenvalue weighted by atomic mass is 35.5. The van der Waals surface area contributed by atoms with E-state index in [2.05, 4.69) is 0 Å². The van der Waals surface area contributed by atoms with Crippen LogP contribution in [-0.2, 0) is 6.42 Å². The molecular weight excluding hydrogens is 260 g/mol. The zero-order chi connectivity index (χ0) is 12.4. The Hall–Kier alpha value is -0.870. The quantitative estimate of drug-likeness (QED) is 0.898. The van der Waals surface area contributed by atoms with Gasteiger partial charge in [0.2, 0.25) is 0 Å². The van der Waals surface area contributed by atoms with Crippen molar-refractivity contribution in [1.29, 1.82) is 0 Å². The van der Waals surface area contributed by atoms with Gasteiger partial charge in [-0.05, 0) is 43.7 Å². The van der Waals surface area contributed by atoms with Crippen LogP contribution in [0.15, 0.2) is 12.1 Å². The van der Waals surface area contributed by atoms with E-state index in [1.165, 1.54) is 6.07 Å². The summed E-state index contributed by atoms with van der Waals surface area (Å²) >= 11 is 0. The molecule has 102 valence electrons. The SMILES string of the molecule is CC(N)Cc1cc(F)c(OCC2CC2)cc1F.Cl. The Bertz CT molecular complexity index is 408. The molecule has 2 N–H and O–H groups in total. The highest BCUT2D eigenvalue weighted by molar-refractivity contribution is 5.85. The topological polar surface area (TPSA) is 35.2 Å². The normalized spacial score (nSPS) is 16.0. The molecule has 1 aromatic carbocycles. The van der Waals surface area contributed by atoms with E-state index in [-0.39, 0.29) is 24.2 Å². The lowest BCUT2D eigenvalue weighted by Gasteiger charge is -2.11. The molecule has 18 heavy (non-hydrogen) atoms. The van der Waals surface area contributed by atoms with E-state index in [0.717, 1.165) is 18.9 Å². The molecule has 0 aliphatic heterocycles. The molecule has 0 heterocycles. The smallest absolute Gasteiger partial charge is 0.165 e. The monoisotopic (exact) mass is 277 g/mol. The predicted molar refractivity (Wildman–Crippen MR) is 69.2 cm³/mol. The second-order valence-corrected chi connectivity index (χ2v) is 4.81. The molecule has 1 fully saturated rings. The van der Waals surface area contributed by atoms with Gasteiger partial charge in [0.25, 0.3) is 0 Å². The van der Waals surface area contributed by atoms with Gasteiger partial charge in [0.15, 0.2) is 11.6 Å². The van der Waals surface area contributed by atoms with Crippen molar-refractivity contribution in [1.82, 2.24) is 0 Å². The fourth-order valence-corrected chi connectivity index (χ4v) is 1.68. The lowest BCUT2D eigenvalue weighted by atomic mass is 10.1. The fourth-order valence-electron chi connectivity index (χ4n) is 1.68. The van der Waals surface area contributed by atoms with Gasteiger partial charge < -0.3 is 10.5 Å². The van der Waals surface area contributed by atoms with Gasteiger partial charge >= 0.3 is 0 Å². The zero-order valence-corrected chi connectivity index (χ0v) is 11.1. The van der Waals surface area contributed by atoms with Crippen LogP contribution in [0.2, 0.25) is 0 Å². The lowest BCUT2D eigenvalue weighted by molar-refractivity contribution is 0.283. The molecule has 1 aliphatic carbocycles. The van der Waals surface area contributed by atoms with E-state index in [1.807, 2.05) is 0 Å². The molecule has 0 bridgehead atoms. The molecular formula is C13H18ClF2NO. The maximum Gasteiger partial charge on any atom is 0.165 e. The van der Waals surface area contributed by atoms with Gasteiger partial charge in [0.1, 0.15) is 5.82 Å². The molecule has 1 saturated carbocycles. The van der Waals surface area contributed by atoms with Gasteiger partial charge in [-0.1, -0.05) is 0 Å². The molecule has 0 saturated heterocycles. The van der Waals surface area contributed by atoms with Gasteiger partial charge in [-0.25, -0.2) is 8.78 Å². The van der Waals surface area contributed by atoms with Crippen molar-refractivity contribution in [3.63, 3.8) is 0 Å². The predicted octanol–water partition coefficient (Wildman–Crippen LogP) is 3.07. The minimum atomic E-state index is -0.511. The Morgan fingerprint density at radius 3 is 2.56 bits per heavy atom. The van der Waals surface area contributed by atoms with E-state index >= 15 is 0 Å². The third-order valence-electron chi connectivity index (χ3n) is 2.81. The van der Waals surface area contributed by atoms with Crippen LogP contribution >= 0.6 is 12.4 Å². The van der Waals surface area contributed by atoms with Gasteiger partial charge in [-0.2, -0.15) is 0 Å². The first-order chi connectivity index (χ1) is 8.06. The van der Waals surface area contributed by atoms with Crippen LogP contribution in [0.5, 0.6) is 5.75 Å². The molecule has 1 aromatic rings. The van der Waals surface area contributed by atoms with Gasteiger partial charge in [0, 0.05) is 12.1 Å². The van der Waals surface area contributed by atoms with Crippen LogP contribution in [0.3, 0.4) is 0 Å². The van der Waals surface area contributed by atoms with Crippen LogP contribution in [0, 0.1) is 17.6 Å². The number of hydrogen-bond donors (Lipinski definition) is 1. The second kappa shape index (κ2) is 6.34. The van der Waals surface area contributed by atoms with E-state index in [1.54, 1.807) is 6.92 Å². The van der Waals surface area contributed by atoms with E-state index in [9.17, 15) is 8.78 Å². The van der Waals surface area contributed by atoms with E-state index in [0.29, 0.717) is 24.5 Å². The fraction of sp³-hybridized carbons (Fsp3) is 0.538. The van der Waals surface area contributed by atoms with Crippen LogP contribution in [-0.4, -0.2) is 12.6 Å². The summed E-state index contributed by atoms with van der Waals surface area (Å²) in [6.07, 6.45) is 2.56. The van der Waals surface area contributed by atoms with Crippen molar-refractivity contribution in [3.8, 4) is 5.75 Å². The van der Waals surface area contributed by atoms with Crippen LogP contribution < -0.4 is 10.5 Å². The summed E-state index contributed by atoms with van der Waals surface area (Å²) in [5.74, 6) is -0.443. The third kappa shape index (κ3) is 4.10. The van der Waals surface area contributed by atoms with Crippen molar-refractivity contribution in [2.45, 2.75) is 32.2 Å². The summed E-state index contributed by atoms with van der Waals surface area (Å²) in [6, 6.07) is 2.11. The Morgan fingerprint density at radius 2 is 2.00 bits per heavy atom. The van der Waals surface area contributed by atoms with Gasteiger partial charge in [-0.15, -0.1) is 12.4 Å². The largest absolute Gasteiger partial charge is 0.490 e. The van der Waals surface area contributed by atoms with Gasteiger partial charge in [0.05, 0.1) is 6.61 Å². The Kier molecular flexibility index (Phi) is 5.35. The van der Waals surface area contributed by atoms with Crippen LogP contribution in [0.1, 0.15) is 25.3 Å². The average molecular weight is 278 g/mol.